The molecule has 1 atom stereocenters. The Hall–Kier alpha value is -1.78. The Bertz CT molecular complexity index is 618. The molecule has 0 saturated carbocycles. The molecular formula is C10H13FN2O6S. The Morgan fingerprint density at radius 3 is 2.55 bits per heavy atom. The largest absolute Gasteiger partial charge is 0.484 e. The van der Waals surface area contributed by atoms with Crippen LogP contribution in [-0.2, 0) is 14.8 Å². The summed E-state index contributed by atoms with van der Waals surface area (Å²) in [6.45, 7) is 1.58. The van der Waals surface area contributed by atoms with E-state index >= 15 is 0 Å². The summed E-state index contributed by atoms with van der Waals surface area (Å²) in [6.07, 6.45) is -0.379. The van der Waals surface area contributed by atoms with Gasteiger partial charge in [0.15, 0.2) is 5.75 Å². The van der Waals surface area contributed by atoms with E-state index in [-0.39, 0.29) is 12.7 Å². The third kappa shape index (κ3) is 3.85. The molecule has 2 N–H and O–H groups in total. The fourth-order valence-electron chi connectivity index (χ4n) is 1.28. The van der Waals surface area contributed by atoms with E-state index in [1.165, 1.54) is 7.11 Å². The maximum Gasteiger partial charge on any atom is 0.312 e. The van der Waals surface area contributed by atoms with Crippen molar-refractivity contribution in [1.82, 2.24) is 0 Å². The number of primary sulfonamides is 1. The number of nitrogens with zero attached hydrogens (tertiary/aromatic N) is 1. The number of halogens is 1. The lowest BCUT2D eigenvalue weighted by molar-refractivity contribution is -0.386. The maximum atomic E-state index is 13.6. The number of benzene rings is 1. The minimum atomic E-state index is -4.40. The second kappa shape index (κ2) is 6.11. The normalized spacial score (nSPS) is 13.0. The predicted octanol–water partition coefficient (Wildman–Crippen LogP) is 0.795. The molecule has 0 fully saturated rings. The molecule has 112 valence electrons. The van der Waals surface area contributed by atoms with Crippen LogP contribution >= 0.6 is 0 Å². The van der Waals surface area contributed by atoms with Gasteiger partial charge in [0, 0.05) is 19.2 Å². The van der Waals surface area contributed by atoms with Crippen molar-refractivity contribution in [2.45, 2.75) is 17.9 Å². The smallest absolute Gasteiger partial charge is 0.312 e. The number of sulfonamides is 1. The van der Waals surface area contributed by atoms with Crippen LogP contribution in [-0.4, -0.2) is 33.2 Å². The third-order valence-electron chi connectivity index (χ3n) is 2.39. The molecule has 0 radical (unpaired) electrons. The van der Waals surface area contributed by atoms with Crippen LogP contribution in [0.2, 0.25) is 0 Å². The SMILES string of the molecule is COC(C)COc1cc(F)c(S(N)(=O)=O)cc1[N+](=O)[O-]. The van der Waals surface area contributed by atoms with Crippen molar-refractivity contribution in [3.05, 3.63) is 28.1 Å². The summed E-state index contributed by atoms with van der Waals surface area (Å²) in [4.78, 5) is 9.01. The highest BCUT2D eigenvalue weighted by Gasteiger charge is 2.25. The standard InChI is InChI=1S/C10H13FN2O6S/c1-6(18-2)5-19-9-3-7(11)10(20(12,16)17)4-8(9)13(14)15/h3-4,6H,5H2,1-2H3,(H2,12,16,17). The van der Waals surface area contributed by atoms with E-state index in [1.54, 1.807) is 6.92 Å². The molecule has 1 unspecified atom stereocenters. The van der Waals surface area contributed by atoms with Gasteiger partial charge in [-0.1, -0.05) is 0 Å². The van der Waals surface area contributed by atoms with E-state index < -0.39 is 37.1 Å². The molecule has 0 spiro atoms. The summed E-state index contributed by atoms with van der Waals surface area (Å²) < 4.78 is 45.7. The molecule has 0 aliphatic rings. The number of hydrogen-bond acceptors (Lipinski definition) is 6. The lowest BCUT2D eigenvalue weighted by Gasteiger charge is -2.12. The van der Waals surface area contributed by atoms with Gasteiger partial charge < -0.3 is 9.47 Å². The second-order valence-corrected chi connectivity index (χ2v) is 5.44. The molecule has 0 aromatic heterocycles. The molecule has 8 nitrogen and oxygen atoms in total. The summed E-state index contributed by atoms with van der Waals surface area (Å²) in [5, 5.41) is 15.6. The van der Waals surface area contributed by atoms with Crippen molar-refractivity contribution in [2.75, 3.05) is 13.7 Å². The van der Waals surface area contributed by atoms with Crippen LogP contribution < -0.4 is 9.88 Å². The fraction of sp³-hybridized carbons (Fsp3) is 0.400. The van der Waals surface area contributed by atoms with Crippen LogP contribution in [0.15, 0.2) is 17.0 Å². The predicted molar refractivity (Wildman–Crippen MR) is 66.4 cm³/mol. The van der Waals surface area contributed by atoms with E-state index in [4.69, 9.17) is 14.6 Å². The summed E-state index contributed by atoms with van der Waals surface area (Å²) in [7, 11) is -2.99. The highest BCUT2D eigenvalue weighted by Crippen LogP contribution is 2.31. The molecule has 10 heteroatoms. The van der Waals surface area contributed by atoms with Crippen molar-refractivity contribution in [3.63, 3.8) is 0 Å². The zero-order valence-corrected chi connectivity index (χ0v) is 11.5. The van der Waals surface area contributed by atoms with Gasteiger partial charge in [0.05, 0.1) is 11.0 Å². The van der Waals surface area contributed by atoms with Gasteiger partial charge in [0.1, 0.15) is 17.3 Å². The molecule has 1 aromatic rings. The summed E-state index contributed by atoms with van der Waals surface area (Å²) in [5.74, 6) is -1.62. The minimum absolute atomic E-state index is 0.0640. The van der Waals surface area contributed by atoms with Crippen LogP contribution in [0.25, 0.3) is 0 Å². The number of nitro benzene ring substituents is 1. The lowest BCUT2D eigenvalue weighted by Crippen LogP contribution is -2.18. The van der Waals surface area contributed by atoms with Crippen molar-refractivity contribution in [1.29, 1.82) is 0 Å². The molecule has 0 amide bonds. The molecular weight excluding hydrogens is 295 g/mol. The molecule has 0 saturated heterocycles. The fourth-order valence-corrected chi connectivity index (χ4v) is 1.88. The summed E-state index contributed by atoms with van der Waals surface area (Å²) in [5.41, 5.74) is -0.696. The lowest BCUT2D eigenvalue weighted by atomic mass is 10.3. The molecule has 0 aliphatic carbocycles. The first kappa shape index (κ1) is 16.3. The van der Waals surface area contributed by atoms with Gasteiger partial charge >= 0.3 is 5.69 Å². The number of nitro groups is 1. The topological polar surface area (TPSA) is 122 Å². The van der Waals surface area contributed by atoms with Gasteiger partial charge in [-0.15, -0.1) is 0 Å². The van der Waals surface area contributed by atoms with E-state index in [0.717, 1.165) is 0 Å². The number of nitrogens with two attached hydrogens (primary N) is 1. The molecule has 0 aliphatic heterocycles. The Balaban J connectivity index is 3.25. The second-order valence-electron chi connectivity index (χ2n) is 3.91. The monoisotopic (exact) mass is 308 g/mol. The molecule has 0 heterocycles. The van der Waals surface area contributed by atoms with Gasteiger partial charge in [0.2, 0.25) is 10.0 Å². The zero-order chi connectivity index (χ0) is 15.5. The van der Waals surface area contributed by atoms with Crippen molar-refractivity contribution >= 4 is 15.7 Å². The first-order valence-corrected chi connectivity index (χ1v) is 6.87. The Morgan fingerprint density at radius 2 is 2.10 bits per heavy atom. The highest BCUT2D eigenvalue weighted by atomic mass is 32.2. The number of methoxy groups -OCH3 is 1. The number of hydrogen-bond donors (Lipinski definition) is 1. The van der Waals surface area contributed by atoms with E-state index in [0.29, 0.717) is 12.1 Å². The highest BCUT2D eigenvalue weighted by molar-refractivity contribution is 7.89. The Morgan fingerprint density at radius 1 is 1.50 bits per heavy atom. The van der Waals surface area contributed by atoms with E-state index in [9.17, 15) is 22.9 Å². The van der Waals surface area contributed by atoms with Crippen LogP contribution in [0.3, 0.4) is 0 Å². The van der Waals surface area contributed by atoms with Crippen LogP contribution in [0.1, 0.15) is 6.92 Å². The van der Waals surface area contributed by atoms with Crippen LogP contribution in [0, 0.1) is 15.9 Å². The number of ether oxygens (including phenoxy) is 2. The minimum Gasteiger partial charge on any atom is -0.484 e. The first-order valence-electron chi connectivity index (χ1n) is 5.33. The van der Waals surface area contributed by atoms with E-state index in [2.05, 4.69) is 0 Å². The Kier molecular flexibility index (Phi) is 4.98. The quantitative estimate of drug-likeness (QED) is 0.612. The molecule has 1 aromatic carbocycles. The molecule has 0 bridgehead atoms. The first-order chi connectivity index (χ1) is 9.16. The van der Waals surface area contributed by atoms with Gasteiger partial charge in [-0.25, -0.2) is 17.9 Å². The number of rotatable bonds is 6. The summed E-state index contributed by atoms with van der Waals surface area (Å²) >= 11 is 0. The summed E-state index contributed by atoms with van der Waals surface area (Å²) in [6, 6.07) is 1.14. The molecule has 1 rings (SSSR count). The van der Waals surface area contributed by atoms with E-state index in [1.807, 2.05) is 0 Å². The van der Waals surface area contributed by atoms with Gasteiger partial charge in [0.25, 0.3) is 0 Å². The van der Waals surface area contributed by atoms with Crippen molar-refractivity contribution in [2.24, 2.45) is 5.14 Å². The van der Waals surface area contributed by atoms with Crippen molar-refractivity contribution in [3.8, 4) is 5.75 Å². The zero-order valence-electron chi connectivity index (χ0n) is 10.7. The average Bonchev–Trinajstić information content (AvgIpc) is 2.33. The van der Waals surface area contributed by atoms with Gasteiger partial charge in [-0.3, -0.25) is 10.1 Å². The van der Waals surface area contributed by atoms with Gasteiger partial charge in [-0.05, 0) is 6.92 Å². The Labute approximate surface area is 114 Å². The van der Waals surface area contributed by atoms with Gasteiger partial charge in [-0.2, -0.15) is 0 Å². The van der Waals surface area contributed by atoms with Crippen LogP contribution in [0.4, 0.5) is 10.1 Å². The molecule has 20 heavy (non-hydrogen) atoms. The maximum absolute atomic E-state index is 13.6. The van der Waals surface area contributed by atoms with Crippen molar-refractivity contribution < 1.29 is 27.2 Å². The average molecular weight is 308 g/mol. The van der Waals surface area contributed by atoms with Crippen LogP contribution in [0.5, 0.6) is 5.75 Å². The third-order valence-corrected chi connectivity index (χ3v) is 3.32.